The number of rotatable bonds is 4. The van der Waals surface area contributed by atoms with Gasteiger partial charge in [0.15, 0.2) is 0 Å². The predicted octanol–water partition coefficient (Wildman–Crippen LogP) is 1.86. The number of hydrogen-bond donors (Lipinski definition) is 0. The minimum absolute atomic E-state index is 0.0929. The van der Waals surface area contributed by atoms with Gasteiger partial charge in [-0.2, -0.15) is 0 Å². The Morgan fingerprint density at radius 3 is 2.56 bits per heavy atom. The van der Waals surface area contributed by atoms with E-state index in [9.17, 15) is 9.59 Å². The molecule has 4 nitrogen and oxygen atoms in total. The second-order valence-electron chi connectivity index (χ2n) is 4.04. The average molecular weight is 245 g/mol. The van der Waals surface area contributed by atoms with Crippen molar-refractivity contribution in [1.82, 2.24) is 4.90 Å². The number of imide groups is 1. The molecule has 2 rings (SSSR count). The smallest absolute Gasteiger partial charge is 0.229 e. The Hall–Kier alpha value is -2.10. The number of benzene rings is 1. The highest BCUT2D eigenvalue weighted by Crippen LogP contribution is 2.19. The number of ether oxygens (including phenoxy) is 1. The average Bonchev–Trinajstić information content (AvgIpc) is 2.71. The Morgan fingerprint density at radius 1 is 1.22 bits per heavy atom. The van der Waals surface area contributed by atoms with Gasteiger partial charge in [0.25, 0.3) is 0 Å². The van der Waals surface area contributed by atoms with E-state index in [-0.39, 0.29) is 11.8 Å². The second-order valence-corrected chi connectivity index (χ2v) is 4.04. The molecule has 0 bridgehead atoms. The lowest BCUT2D eigenvalue weighted by molar-refractivity contribution is -0.137. The van der Waals surface area contributed by atoms with E-state index in [1.807, 2.05) is 30.3 Å². The van der Waals surface area contributed by atoms with Gasteiger partial charge in [-0.05, 0) is 6.07 Å². The maximum absolute atomic E-state index is 11.4. The number of methoxy groups -OCH3 is 1. The van der Waals surface area contributed by atoms with E-state index in [0.29, 0.717) is 19.4 Å². The minimum Gasteiger partial charge on any atom is -0.496 e. The van der Waals surface area contributed by atoms with Gasteiger partial charge in [0.2, 0.25) is 11.8 Å². The molecule has 0 unspecified atom stereocenters. The van der Waals surface area contributed by atoms with Crippen molar-refractivity contribution in [2.75, 3.05) is 13.7 Å². The molecule has 0 atom stereocenters. The lowest BCUT2D eigenvalue weighted by Crippen LogP contribution is -2.28. The largest absolute Gasteiger partial charge is 0.496 e. The van der Waals surface area contributed by atoms with Gasteiger partial charge in [0, 0.05) is 24.9 Å². The van der Waals surface area contributed by atoms with E-state index in [1.165, 1.54) is 4.90 Å². The molecule has 0 saturated carbocycles. The van der Waals surface area contributed by atoms with Gasteiger partial charge in [-0.1, -0.05) is 30.4 Å². The van der Waals surface area contributed by atoms with Crippen molar-refractivity contribution < 1.29 is 14.3 Å². The summed E-state index contributed by atoms with van der Waals surface area (Å²) in [4.78, 5) is 24.1. The molecular weight excluding hydrogens is 230 g/mol. The predicted molar refractivity (Wildman–Crippen MR) is 68.0 cm³/mol. The SMILES string of the molecule is COc1ccccc1/C=C/CN1C(=O)CCC1=O. The standard InChI is InChI=1S/C14H15NO3/c1-18-12-7-3-2-5-11(12)6-4-10-15-13(16)8-9-14(15)17/h2-7H,8-10H2,1H3/b6-4+. The quantitative estimate of drug-likeness (QED) is 0.761. The molecule has 1 aliphatic heterocycles. The third-order valence-electron chi connectivity index (χ3n) is 2.88. The molecule has 1 aliphatic rings. The summed E-state index contributed by atoms with van der Waals surface area (Å²) in [6.45, 7) is 0.329. The van der Waals surface area contributed by atoms with Crippen LogP contribution < -0.4 is 4.74 Å². The summed E-state index contributed by atoms with van der Waals surface area (Å²) in [7, 11) is 1.61. The van der Waals surface area contributed by atoms with Crippen LogP contribution in [-0.2, 0) is 9.59 Å². The summed E-state index contributed by atoms with van der Waals surface area (Å²) in [6.07, 6.45) is 4.33. The van der Waals surface area contributed by atoms with E-state index in [1.54, 1.807) is 13.2 Å². The zero-order valence-corrected chi connectivity index (χ0v) is 10.3. The molecule has 0 radical (unpaired) electrons. The van der Waals surface area contributed by atoms with Crippen LogP contribution in [0.25, 0.3) is 6.08 Å². The van der Waals surface area contributed by atoms with E-state index < -0.39 is 0 Å². The molecule has 1 fully saturated rings. The summed E-state index contributed by atoms with van der Waals surface area (Å²) < 4.78 is 5.21. The van der Waals surface area contributed by atoms with Crippen molar-refractivity contribution in [3.8, 4) is 5.75 Å². The van der Waals surface area contributed by atoms with Crippen molar-refractivity contribution in [2.45, 2.75) is 12.8 Å². The van der Waals surface area contributed by atoms with Crippen LogP contribution >= 0.6 is 0 Å². The first-order valence-electron chi connectivity index (χ1n) is 5.85. The molecule has 1 heterocycles. The highest BCUT2D eigenvalue weighted by molar-refractivity contribution is 6.02. The first-order chi connectivity index (χ1) is 8.72. The van der Waals surface area contributed by atoms with Gasteiger partial charge < -0.3 is 4.74 Å². The Kier molecular flexibility index (Phi) is 3.77. The van der Waals surface area contributed by atoms with Crippen LogP contribution in [0, 0.1) is 0 Å². The normalized spacial score (nSPS) is 15.7. The Balaban J connectivity index is 2.03. The van der Waals surface area contributed by atoms with Crippen LogP contribution in [0.15, 0.2) is 30.3 Å². The van der Waals surface area contributed by atoms with E-state index in [4.69, 9.17) is 4.74 Å². The molecule has 0 aromatic heterocycles. The first-order valence-corrected chi connectivity index (χ1v) is 5.85. The van der Waals surface area contributed by atoms with Gasteiger partial charge in [-0.15, -0.1) is 0 Å². The van der Waals surface area contributed by atoms with Crippen molar-refractivity contribution in [3.05, 3.63) is 35.9 Å². The van der Waals surface area contributed by atoms with Gasteiger partial charge in [0.05, 0.1) is 7.11 Å². The zero-order chi connectivity index (χ0) is 13.0. The molecule has 4 heteroatoms. The number of hydrogen-bond acceptors (Lipinski definition) is 3. The molecule has 2 amide bonds. The number of carbonyl (C=O) groups is 2. The molecule has 18 heavy (non-hydrogen) atoms. The summed E-state index contributed by atoms with van der Waals surface area (Å²) in [6, 6.07) is 7.59. The molecule has 0 aliphatic carbocycles. The molecule has 0 spiro atoms. The van der Waals surface area contributed by atoms with Crippen molar-refractivity contribution in [3.63, 3.8) is 0 Å². The molecular formula is C14H15NO3. The summed E-state index contributed by atoms with van der Waals surface area (Å²) in [5.41, 5.74) is 0.930. The van der Waals surface area contributed by atoms with Crippen LogP contribution in [0.4, 0.5) is 0 Å². The van der Waals surface area contributed by atoms with Crippen LogP contribution in [0.2, 0.25) is 0 Å². The topological polar surface area (TPSA) is 46.6 Å². The van der Waals surface area contributed by atoms with E-state index >= 15 is 0 Å². The fourth-order valence-corrected chi connectivity index (χ4v) is 1.92. The Morgan fingerprint density at radius 2 is 1.89 bits per heavy atom. The van der Waals surface area contributed by atoms with Crippen LogP contribution in [0.3, 0.4) is 0 Å². The fourth-order valence-electron chi connectivity index (χ4n) is 1.92. The molecule has 0 N–H and O–H groups in total. The summed E-state index contributed by atoms with van der Waals surface area (Å²) >= 11 is 0. The first kappa shape index (κ1) is 12.4. The molecule has 1 aromatic rings. The monoisotopic (exact) mass is 245 g/mol. The number of nitrogens with zero attached hydrogens (tertiary/aromatic N) is 1. The highest BCUT2D eigenvalue weighted by Gasteiger charge is 2.27. The Labute approximate surface area is 106 Å². The maximum atomic E-state index is 11.4. The number of para-hydroxylation sites is 1. The van der Waals surface area contributed by atoms with Crippen molar-refractivity contribution >= 4 is 17.9 Å². The fraction of sp³-hybridized carbons (Fsp3) is 0.286. The molecule has 94 valence electrons. The maximum Gasteiger partial charge on any atom is 0.229 e. The lowest BCUT2D eigenvalue weighted by atomic mass is 10.2. The molecule has 1 aromatic carbocycles. The van der Waals surface area contributed by atoms with Crippen molar-refractivity contribution in [1.29, 1.82) is 0 Å². The van der Waals surface area contributed by atoms with Crippen LogP contribution in [0.1, 0.15) is 18.4 Å². The lowest BCUT2D eigenvalue weighted by Gasteiger charge is -2.10. The number of amides is 2. The van der Waals surface area contributed by atoms with Crippen LogP contribution in [0.5, 0.6) is 5.75 Å². The number of carbonyl (C=O) groups excluding carboxylic acids is 2. The minimum atomic E-state index is -0.0929. The third kappa shape index (κ3) is 2.59. The zero-order valence-electron chi connectivity index (χ0n) is 10.3. The Bertz CT molecular complexity index is 478. The second kappa shape index (κ2) is 5.49. The summed E-state index contributed by atoms with van der Waals surface area (Å²) in [5.74, 6) is 0.585. The van der Waals surface area contributed by atoms with Gasteiger partial charge in [-0.25, -0.2) is 0 Å². The number of likely N-dealkylation sites (tertiary alicyclic amines) is 1. The van der Waals surface area contributed by atoms with Gasteiger partial charge >= 0.3 is 0 Å². The van der Waals surface area contributed by atoms with Crippen LogP contribution in [-0.4, -0.2) is 30.4 Å². The highest BCUT2D eigenvalue weighted by atomic mass is 16.5. The summed E-state index contributed by atoms with van der Waals surface area (Å²) in [5, 5.41) is 0. The van der Waals surface area contributed by atoms with Crippen molar-refractivity contribution in [2.24, 2.45) is 0 Å². The van der Waals surface area contributed by atoms with E-state index in [0.717, 1.165) is 11.3 Å². The molecule has 1 saturated heterocycles. The van der Waals surface area contributed by atoms with E-state index in [2.05, 4.69) is 0 Å². The van der Waals surface area contributed by atoms with Gasteiger partial charge in [0.1, 0.15) is 5.75 Å². The van der Waals surface area contributed by atoms with Gasteiger partial charge in [-0.3, -0.25) is 14.5 Å². The third-order valence-corrected chi connectivity index (χ3v) is 2.88.